The highest BCUT2D eigenvalue weighted by atomic mass is 79.9. The Labute approximate surface area is 216 Å². The summed E-state index contributed by atoms with van der Waals surface area (Å²) in [5.41, 5.74) is 4.14. The minimum Gasteiger partial charge on any atom is -0.352 e. The van der Waals surface area contributed by atoms with Crippen molar-refractivity contribution in [3.8, 4) is 0 Å². The molecule has 0 heterocycles. The number of nitrogens with zero attached hydrogens (tertiary/aromatic N) is 1. The fraction of sp³-hybridized carbons (Fsp3) is 0.333. The third-order valence-corrected chi connectivity index (χ3v) is 7.18. The molecular weight excluding hydrogens is 500 g/mol. The topological polar surface area (TPSA) is 49.4 Å². The average molecular weight is 534 g/mol. The maximum atomic E-state index is 13.8. The number of hydrogen-bond donors (Lipinski definition) is 1. The van der Waals surface area contributed by atoms with Crippen molar-refractivity contribution in [2.75, 3.05) is 0 Å². The second-order valence-electron chi connectivity index (χ2n) is 9.51. The predicted octanol–water partition coefficient (Wildman–Crippen LogP) is 6.00. The molecule has 5 heteroatoms. The second kappa shape index (κ2) is 12.2. The number of benzene rings is 3. The van der Waals surface area contributed by atoms with Crippen molar-refractivity contribution in [1.29, 1.82) is 0 Å². The number of aryl methyl sites for hydroxylation is 1. The van der Waals surface area contributed by atoms with Crippen molar-refractivity contribution >= 4 is 27.7 Å². The van der Waals surface area contributed by atoms with Crippen molar-refractivity contribution < 1.29 is 9.59 Å². The van der Waals surface area contributed by atoms with Crippen LogP contribution in [-0.2, 0) is 29.0 Å². The van der Waals surface area contributed by atoms with Gasteiger partial charge >= 0.3 is 0 Å². The molecule has 1 fully saturated rings. The van der Waals surface area contributed by atoms with Crippen LogP contribution in [0.2, 0.25) is 0 Å². The summed E-state index contributed by atoms with van der Waals surface area (Å²) in [7, 11) is 0. The van der Waals surface area contributed by atoms with E-state index in [0.717, 1.165) is 52.4 Å². The van der Waals surface area contributed by atoms with Crippen LogP contribution in [0.25, 0.3) is 0 Å². The Hall–Kier alpha value is -2.92. The van der Waals surface area contributed by atoms with Crippen LogP contribution >= 0.6 is 15.9 Å². The molecule has 1 aliphatic carbocycles. The van der Waals surface area contributed by atoms with Gasteiger partial charge in [0.1, 0.15) is 6.04 Å². The van der Waals surface area contributed by atoms with E-state index in [1.54, 1.807) is 4.90 Å². The Balaban J connectivity index is 1.65. The SMILES string of the molecule is Cc1ccc(CC(=O)N(Cc2cccc(Br)c2)[C@H](Cc2ccccc2)C(=O)NC2CCCC2)cc1. The minimum atomic E-state index is -0.588. The van der Waals surface area contributed by atoms with Gasteiger partial charge in [-0.25, -0.2) is 0 Å². The van der Waals surface area contributed by atoms with E-state index < -0.39 is 6.04 Å². The van der Waals surface area contributed by atoms with E-state index in [-0.39, 0.29) is 24.3 Å². The molecule has 4 rings (SSSR count). The van der Waals surface area contributed by atoms with Gasteiger partial charge in [-0.15, -0.1) is 0 Å². The first kappa shape index (κ1) is 25.2. The van der Waals surface area contributed by atoms with Crippen molar-refractivity contribution in [1.82, 2.24) is 10.2 Å². The Morgan fingerprint density at radius 2 is 1.60 bits per heavy atom. The summed E-state index contributed by atoms with van der Waals surface area (Å²) >= 11 is 3.55. The summed E-state index contributed by atoms with van der Waals surface area (Å²) in [6.45, 7) is 2.41. The minimum absolute atomic E-state index is 0.0451. The molecular formula is C30H33BrN2O2. The molecule has 0 radical (unpaired) electrons. The van der Waals surface area contributed by atoms with Gasteiger partial charge in [0.25, 0.3) is 0 Å². The highest BCUT2D eigenvalue weighted by molar-refractivity contribution is 9.10. The molecule has 0 bridgehead atoms. The van der Waals surface area contributed by atoms with E-state index in [1.807, 2.05) is 85.8 Å². The summed E-state index contributed by atoms with van der Waals surface area (Å²) in [6.07, 6.45) is 5.04. The first-order valence-corrected chi connectivity index (χ1v) is 13.2. The number of nitrogens with one attached hydrogen (secondary N) is 1. The zero-order valence-electron chi connectivity index (χ0n) is 20.3. The number of hydrogen-bond acceptors (Lipinski definition) is 2. The summed E-state index contributed by atoms with van der Waals surface area (Å²) in [6, 6.07) is 25.6. The van der Waals surface area contributed by atoms with Gasteiger partial charge in [0, 0.05) is 23.5 Å². The van der Waals surface area contributed by atoms with Crippen LogP contribution in [0.5, 0.6) is 0 Å². The molecule has 3 aromatic carbocycles. The molecule has 2 amide bonds. The second-order valence-corrected chi connectivity index (χ2v) is 10.4. The zero-order chi connectivity index (χ0) is 24.6. The maximum Gasteiger partial charge on any atom is 0.243 e. The standard InChI is InChI=1S/C30H33BrN2O2/c1-22-14-16-24(17-15-22)20-29(34)33(21-25-10-7-11-26(31)18-25)28(19-23-8-3-2-4-9-23)30(35)32-27-12-5-6-13-27/h2-4,7-11,14-18,27-28H,5-6,12-13,19-21H2,1H3,(H,32,35)/t28-/m1/s1. The lowest BCUT2D eigenvalue weighted by Gasteiger charge is -2.32. The molecule has 0 unspecified atom stereocenters. The molecule has 3 aromatic rings. The molecule has 0 saturated heterocycles. The molecule has 0 spiro atoms. The van der Waals surface area contributed by atoms with Crippen molar-refractivity contribution in [2.24, 2.45) is 0 Å². The lowest BCUT2D eigenvalue weighted by molar-refractivity contribution is -0.141. The predicted molar refractivity (Wildman–Crippen MR) is 144 cm³/mol. The van der Waals surface area contributed by atoms with E-state index in [1.165, 1.54) is 0 Å². The number of carbonyl (C=O) groups is 2. The Bertz CT molecular complexity index is 1120. The van der Waals surface area contributed by atoms with Crippen molar-refractivity contribution in [2.45, 2.75) is 64.1 Å². The van der Waals surface area contributed by atoms with Gasteiger partial charge in [-0.3, -0.25) is 9.59 Å². The van der Waals surface area contributed by atoms with Gasteiger partial charge in [-0.2, -0.15) is 0 Å². The van der Waals surface area contributed by atoms with E-state index in [2.05, 4.69) is 21.2 Å². The average Bonchev–Trinajstić information content (AvgIpc) is 3.36. The van der Waals surface area contributed by atoms with Gasteiger partial charge in [0.2, 0.25) is 11.8 Å². The van der Waals surface area contributed by atoms with Crippen LogP contribution in [-0.4, -0.2) is 28.8 Å². The van der Waals surface area contributed by atoms with Crippen LogP contribution in [0.15, 0.2) is 83.3 Å². The normalized spacial score (nSPS) is 14.5. The monoisotopic (exact) mass is 532 g/mol. The van der Waals surface area contributed by atoms with E-state index in [9.17, 15) is 9.59 Å². The largest absolute Gasteiger partial charge is 0.352 e. The molecule has 1 saturated carbocycles. The van der Waals surface area contributed by atoms with Crippen molar-refractivity contribution in [3.63, 3.8) is 0 Å². The lowest BCUT2D eigenvalue weighted by Crippen LogP contribution is -2.52. The van der Waals surface area contributed by atoms with Gasteiger partial charge in [0.15, 0.2) is 0 Å². The number of amides is 2. The van der Waals surface area contributed by atoms with Crippen molar-refractivity contribution in [3.05, 3.63) is 106 Å². The quantitative estimate of drug-likeness (QED) is 0.367. The molecule has 0 aromatic heterocycles. The Morgan fingerprint density at radius 1 is 0.914 bits per heavy atom. The molecule has 0 aliphatic heterocycles. The van der Waals surface area contributed by atoms with Crippen LogP contribution < -0.4 is 5.32 Å². The van der Waals surface area contributed by atoms with Crippen LogP contribution in [0.4, 0.5) is 0 Å². The molecule has 1 aliphatic rings. The first-order chi connectivity index (χ1) is 17.0. The third-order valence-electron chi connectivity index (χ3n) is 6.69. The van der Waals surface area contributed by atoms with E-state index in [4.69, 9.17) is 0 Å². The van der Waals surface area contributed by atoms with E-state index >= 15 is 0 Å². The van der Waals surface area contributed by atoms with Gasteiger partial charge in [-0.05, 0) is 48.6 Å². The lowest BCUT2D eigenvalue weighted by atomic mass is 10.0. The number of rotatable bonds is 9. The zero-order valence-corrected chi connectivity index (χ0v) is 21.8. The molecule has 182 valence electrons. The fourth-order valence-corrected chi connectivity index (χ4v) is 5.18. The van der Waals surface area contributed by atoms with Crippen LogP contribution in [0, 0.1) is 6.92 Å². The fourth-order valence-electron chi connectivity index (χ4n) is 4.74. The van der Waals surface area contributed by atoms with E-state index in [0.29, 0.717) is 13.0 Å². The first-order valence-electron chi connectivity index (χ1n) is 12.4. The molecule has 35 heavy (non-hydrogen) atoms. The summed E-state index contributed by atoms with van der Waals surface area (Å²) in [5.74, 6) is -0.107. The smallest absolute Gasteiger partial charge is 0.243 e. The molecule has 1 N–H and O–H groups in total. The van der Waals surface area contributed by atoms with Crippen LogP contribution in [0.3, 0.4) is 0 Å². The highest BCUT2D eigenvalue weighted by Crippen LogP contribution is 2.21. The molecule has 1 atom stereocenters. The van der Waals surface area contributed by atoms with Crippen LogP contribution in [0.1, 0.15) is 47.9 Å². The molecule has 4 nitrogen and oxygen atoms in total. The van der Waals surface area contributed by atoms with Gasteiger partial charge in [0.05, 0.1) is 6.42 Å². The Morgan fingerprint density at radius 3 is 2.29 bits per heavy atom. The summed E-state index contributed by atoms with van der Waals surface area (Å²) in [4.78, 5) is 29.3. The van der Waals surface area contributed by atoms with Gasteiger partial charge < -0.3 is 10.2 Å². The number of halogens is 1. The maximum absolute atomic E-state index is 13.8. The number of carbonyl (C=O) groups excluding carboxylic acids is 2. The highest BCUT2D eigenvalue weighted by Gasteiger charge is 2.32. The third kappa shape index (κ3) is 7.28. The Kier molecular flexibility index (Phi) is 8.75. The summed E-state index contributed by atoms with van der Waals surface area (Å²) < 4.78 is 0.955. The summed E-state index contributed by atoms with van der Waals surface area (Å²) in [5, 5.41) is 3.26. The van der Waals surface area contributed by atoms with Gasteiger partial charge in [-0.1, -0.05) is 101 Å².